The molecule has 0 saturated carbocycles. The van der Waals surface area contributed by atoms with Crippen LogP contribution in [0.4, 0.5) is 0 Å². The van der Waals surface area contributed by atoms with Crippen LogP contribution in [0.2, 0.25) is 0 Å². The molecular weight excluding hydrogens is 302 g/mol. The van der Waals surface area contributed by atoms with Gasteiger partial charge in [0, 0.05) is 31.7 Å². The van der Waals surface area contributed by atoms with Crippen LogP contribution in [0.3, 0.4) is 0 Å². The van der Waals surface area contributed by atoms with Gasteiger partial charge in [-0.2, -0.15) is 0 Å². The quantitative estimate of drug-likeness (QED) is 0.867. The molecule has 0 unspecified atom stereocenters. The zero-order chi connectivity index (χ0) is 17.5. The second-order valence-corrected chi connectivity index (χ2v) is 6.73. The standard InChI is InChI=1S/C19H29N3O2/c1-4-10-21-11-13-22(14-12-21)19(24)17(15(2)3)20-18(23)16-8-6-5-7-9-16/h5-9,15,17H,4,10-14H2,1-3H3,(H,20,23)/t17-/m0/s1. The highest BCUT2D eigenvalue weighted by molar-refractivity contribution is 5.97. The highest BCUT2D eigenvalue weighted by Crippen LogP contribution is 2.11. The number of nitrogens with zero attached hydrogens (tertiary/aromatic N) is 2. The fourth-order valence-electron chi connectivity index (χ4n) is 3.03. The highest BCUT2D eigenvalue weighted by Gasteiger charge is 2.30. The SMILES string of the molecule is CCCN1CCN(C(=O)[C@@H](NC(=O)c2ccccc2)C(C)C)CC1. The van der Waals surface area contributed by atoms with Crippen molar-refractivity contribution < 1.29 is 9.59 Å². The van der Waals surface area contributed by atoms with Gasteiger partial charge in [0.05, 0.1) is 0 Å². The van der Waals surface area contributed by atoms with Gasteiger partial charge in [0.25, 0.3) is 5.91 Å². The average molecular weight is 331 g/mol. The fraction of sp³-hybridized carbons (Fsp3) is 0.579. The van der Waals surface area contributed by atoms with Crippen molar-refractivity contribution >= 4 is 11.8 Å². The van der Waals surface area contributed by atoms with E-state index < -0.39 is 6.04 Å². The minimum atomic E-state index is -0.476. The van der Waals surface area contributed by atoms with Crippen LogP contribution in [-0.4, -0.2) is 60.4 Å². The average Bonchev–Trinajstić information content (AvgIpc) is 2.60. The lowest BCUT2D eigenvalue weighted by Crippen LogP contribution is -2.56. The molecule has 2 rings (SSSR count). The molecule has 1 atom stereocenters. The van der Waals surface area contributed by atoms with E-state index in [0.717, 1.165) is 39.1 Å². The van der Waals surface area contributed by atoms with E-state index >= 15 is 0 Å². The summed E-state index contributed by atoms with van der Waals surface area (Å²) in [6.45, 7) is 10.5. The number of amides is 2. The lowest BCUT2D eigenvalue weighted by Gasteiger charge is -2.37. The zero-order valence-corrected chi connectivity index (χ0v) is 15.0. The molecule has 0 bridgehead atoms. The summed E-state index contributed by atoms with van der Waals surface area (Å²) in [5, 5.41) is 2.92. The zero-order valence-electron chi connectivity index (χ0n) is 15.0. The van der Waals surface area contributed by atoms with Crippen molar-refractivity contribution in [2.24, 2.45) is 5.92 Å². The second-order valence-electron chi connectivity index (χ2n) is 6.73. The van der Waals surface area contributed by atoms with E-state index in [2.05, 4.69) is 17.1 Å². The van der Waals surface area contributed by atoms with E-state index in [4.69, 9.17) is 0 Å². The summed E-state index contributed by atoms with van der Waals surface area (Å²) in [6.07, 6.45) is 1.13. The summed E-state index contributed by atoms with van der Waals surface area (Å²) < 4.78 is 0. The molecule has 132 valence electrons. The smallest absolute Gasteiger partial charge is 0.251 e. The Morgan fingerprint density at radius 3 is 2.25 bits per heavy atom. The van der Waals surface area contributed by atoms with E-state index in [1.807, 2.05) is 36.9 Å². The Balaban J connectivity index is 1.97. The molecule has 2 amide bonds. The maximum absolute atomic E-state index is 12.9. The van der Waals surface area contributed by atoms with Gasteiger partial charge in [0.2, 0.25) is 5.91 Å². The van der Waals surface area contributed by atoms with E-state index in [-0.39, 0.29) is 17.7 Å². The minimum Gasteiger partial charge on any atom is -0.340 e. The predicted octanol–water partition coefficient (Wildman–Crippen LogP) is 2.00. The monoisotopic (exact) mass is 331 g/mol. The van der Waals surface area contributed by atoms with E-state index in [1.54, 1.807) is 12.1 Å². The first kappa shape index (κ1) is 18.5. The van der Waals surface area contributed by atoms with Crippen LogP contribution in [-0.2, 0) is 4.79 Å². The van der Waals surface area contributed by atoms with Crippen LogP contribution < -0.4 is 5.32 Å². The molecule has 1 aliphatic rings. The minimum absolute atomic E-state index is 0.0328. The third-order valence-corrected chi connectivity index (χ3v) is 4.48. The molecule has 1 aromatic rings. The van der Waals surface area contributed by atoms with Gasteiger partial charge in [-0.1, -0.05) is 39.0 Å². The molecule has 1 aliphatic heterocycles. The van der Waals surface area contributed by atoms with Crippen molar-refractivity contribution in [3.63, 3.8) is 0 Å². The van der Waals surface area contributed by atoms with Crippen molar-refractivity contribution in [1.82, 2.24) is 15.1 Å². The topological polar surface area (TPSA) is 52.6 Å². The summed E-state index contributed by atoms with van der Waals surface area (Å²) in [6, 6.07) is 8.58. The van der Waals surface area contributed by atoms with Crippen molar-refractivity contribution in [3.05, 3.63) is 35.9 Å². The molecule has 1 fully saturated rings. The Morgan fingerprint density at radius 2 is 1.71 bits per heavy atom. The first-order chi connectivity index (χ1) is 11.5. The van der Waals surface area contributed by atoms with Crippen LogP contribution in [0.5, 0.6) is 0 Å². The summed E-state index contributed by atoms with van der Waals surface area (Å²) in [5.41, 5.74) is 0.587. The van der Waals surface area contributed by atoms with Crippen LogP contribution >= 0.6 is 0 Å². The van der Waals surface area contributed by atoms with Gasteiger partial charge in [0.1, 0.15) is 6.04 Å². The highest BCUT2D eigenvalue weighted by atomic mass is 16.2. The van der Waals surface area contributed by atoms with Gasteiger partial charge in [0.15, 0.2) is 0 Å². The summed E-state index contributed by atoms with van der Waals surface area (Å²) in [4.78, 5) is 29.5. The summed E-state index contributed by atoms with van der Waals surface area (Å²) in [7, 11) is 0. The first-order valence-electron chi connectivity index (χ1n) is 8.90. The lowest BCUT2D eigenvalue weighted by atomic mass is 10.0. The first-order valence-corrected chi connectivity index (χ1v) is 8.90. The third-order valence-electron chi connectivity index (χ3n) is 4.48. The van der Waals surface area contributed by atoms with Gasteiger partial charge >= 0.3 is 0 Å². The van der Waals surface area contributed by atoms with Crippen LogP contribution in [0.25, 0.3) is 0 Å². The molecule has 24 heavy (non-hydrogen) atoms. The van der Waals surface area contributed by atoms with Crippen molar-refractivity contribution in [2.45, 2.75) is 33.2 Å². The van der Waals surface area contributed by atoms with Gasteiger partial charge in [-0.25, -0.2) is 0 Å². The molecule has 1 heterocycles. The van der Waals surface area contributed by atoms with E-state index in [9.17, 15) is 9.59 Å². The van der Waals surface area contributed by atoms with Crippen LogP contribution in [0, 0.1) is 5.92 Å². The van der Waals surface area contributed by atoms with Gasteiger partial charge in [-0.3, -0.25) is 14.5 Å². The lowest BCUT2D eigenvalue weighted by molar-refractivity contribution is -0.136. The Morgan fingerprint density at radius 1 is 1.08 bits per heavy atom. The molecule has 1 saturated heterocycles. The molecule has 1 N–H and O–H groups in total. The van der Waals surface area contributed by atoms with E-state index in [0.29, 0.717) is 5.56 Å². The molecular formula is C19H29N3O2. The maximum Gasteiger partial charge on any atom is 0.251 e. The van der Waals surface area contributed by atoms with Gasteiger partial charge in [-0.15, -0.1) is 0 Å². The molecule has 0 aliphatic carbocycles. The van der Waals surface area contributed by atoms with Crippen LogP contribution in [0.1, 0.15) is 37.6 Å². The number of hydrogen-bond acceptors (Lipinski definition) is 3. The summed E-state index contributed by atoms with van der Waals surface area (Å²) in [5.74, 6) is -0.100. The molecule has 0 radical (unpaired) electrons. The van der Waals surface area contributed by atoms with E-state index in [1.165, 1.54) is 0 Å². The van der Waals surface area contributed by atoms with Crippen molar-refractivity contribution in [2.75, 3.05) is 32.7 Å². The number of carbonyl (C=O) groups is 2. The molecule has 5 nitrogen and oxygen atoms in total. The van der Waals surface area contributed by atoms with Gasteiger partial charge in [-0.05, 0) is 31.0 Å². The van der Waals surface area contributed by atoms with Crippen molar-refractivity contribution in [1.29, 1.82) is 0 Å². The second kappa shape index (κ2) is 8.83. The molecule has 5 heteroatoms. The summed E-state index contributed by atoms with van der Waals surface area (Å²) >= 11 is 0. The fourth-order valence-corrected chi connectivity index (χ4v) is 3.03. The largest absolute Gasteiger partial charge is 0.340 e. The number of carbonyl (C=O) groups excluding carboxylic acids is 2. The number of benzene rings is 1. The predicted molar refractivity (Wildman–Crippen MR) is 95.8 cm³/mol. The van der Waals surface area contributed by atoms with Gasteiger partial charge < -0.3 is 10.2 Å². The number of nitrogens with one attached hydrogen (secondary N) is 1. The number of piperazine rings is 1. The maximum atomic E-state index is 12.9. The molecule has 0 aromatic heterocycles. The Labute approximate surface area is 145 Å². The Kier molecular flexibility index (Phi) is 6.79. The normalized spacial score (nSPS) is 16.9. The number of rotatable bonds is 6. The third kappa shape index (κ3) is 4.81. The Hall–Kier alpha value is -1.88. The van der Waals surface area contributed by atoms with Crippen LogP contribution in [0.15, 0.2) is 30.3 Å². The van der Waals surface area contributed by atoms with Crippen molar-refractivity contribution in [3.8, 4) is 0 Å². The Bertz CT molecular complexity index is 537. The number of hydrogen-bond donors (Lipinski definition) is 1. The molecule has 1 aromatic carbocycles. The molecule has 0 spiro atoms.